The fraction of sp³-hybridized carbons (Fsp3) is 0.316. The highest BCUT2D eigenvalue weighted by Gasteiger charge is 2.07. The largest absolute Gasteiger partial charge is 0.492 e. The van der Waals surface area contributed by atoms with Crippen LogP contribution in [0, 0.1) is 5.82 Å². The van der Waals surface area contributed by atoms with E-state index in [9.17, 15) is 9.18 Å². The lowest BCUT2D eigenvalue weighted by Crippen LogP contribution is -2.13. The van der Waals surface area contributed by atoms with Crippen LogP contribution in [0.3, 0.4) is 0 Å². The van der Waals surface area contributed by atoms with Crippen LogP contribution in [-0.4, -0.2) is 12.5 Å². The molecule has 128 valence electrons. The van der Waals surface area contributed by atoms with Gasteiger partial charge in [-0.15, -0.1) is 0 Å². The molecule has 0 saturated heterocycles. The number of carbonyl (C=O) groups is 1. The zero-order chi connectivity index (χ0) is 17.5. The normalized spacial score (nSPS) is 10.7. The summed E-state index contributed by atoms with van der Waals surface area (Å²) in [7, 11) is 0. The lowest BCUT2D eigenvalue weighted by molar-refractivity contribution is -0.116. The van der Waals surface area contributed by atoms with Gasteiger partial charge < -0.3 is 10.1 Å². The summed E-state index contributed by atoms with van der Waals surface area (Å²) in [5.74, 6) is 0.705. The third-order valence-corrected chi connectivity index (χ3v) is 4.16. The fourth-order valence-electron chi connectivity index (χ4n) is 2.20. The molecular weight excluding hydrogens is 373 g/mol. The summed E-state index contributed by atoms with van der Waals surface area (Å²) in [6.45, 7) is 4.72. The molecule has 2 aromatic rings. The molecule has 0 aliphatic carbocycles. The van der Waals surface area contributed by atoms with E-state index in [2.05, 4.69) is 41.2 Å². The molecule has 0 aromatic heterocycles. The van der Waals surface area contributed by atoms with E-state index >= 15 is 0 Å². The number of amides is 1. The first kappa shape index (κ1) is 18.5. The molecule has 0 spiro atoms. The lowest BCUT2D eigenvalue weighted by Gasteiger charge is -2.11. The maximum Gasteiger partial charge on any atom is 0.224 e. The minimum Gasteiger partial charge on any atom is -0.492 e. The first-order chi connectivity index (χ1) is 11.5. The second-order valence-electron chi connectivity index (χ2n) is 5.86. The molecule has 0 aliphatic heterocycles. The Kier molecular flexibility index (Phi) is 6.79. The summed E-state index contributed by atoms with van der Waals surface area (Å²) in [4.78, 5) is 11.8. The van der Waals surface area contributed by atoms with E-state index in [1.54, 1.807) is 12.1 Å². The van der Waals surface area contributed by atoms with E-state index in [0.29, 0.717) is 31.1 Å². The number of anilines is 1. The Morgan fingerprint density at radius 3 is 2.71 bits per heavy atom. The Morgan fingerprint density at radius 2 is 2.04 bits per heavy atom. The molecule has 0 bridgehead atoms. The van der Waals surface area contributed by atoms with Gasteiger partial charge in [-0.2, -0.15) is 0 Å². The molecule has 3 nitrogen and oxygen atoms in total. The van der Waals surface area contributed by atoms with Gasteiger partial charge in [0.2, 0.25) is 5.91 Å². The summed E-state index contributed by atoms with van der Waals surface area (Å²) in [6.07, 6.45) is 0.901. The molecule has 1 amide bonds. The van der Waals surface area contributed by atoms with Crippen LogP contribution in [0.1, 0.15) is 38.2 Å². The fourth-order valence-corrected chi connectivity index (χ4v) is 2.71. The minimum atomic E-state index is -0.370. The van der Waals surface area contributed by atoms with Gasteiger partial charge in [-0.05, 0) is 64.2 Å². The van der Waals surface area contributed by atoms with Crippen molar-refractivity contribution in [2.24, 2.45) is 0 Å². The number of hydrogen-bond donors (Lipinski definition) is 1. The maximum absolute atomic E-state index is 13.1. The Bertz CT molecular complexity index is 704. The summed E-state index contributed by atoms with van der Waals surface area (Å²) in [5, 5.41) is 2.67. The number of hydrogen-bond acceptors (Lipinski definition) is 2. The molecule has 0 heterocycles. The monoisotopic (exact) mass is 393 g/mol. The van der Waals surface area contributed by atoms with Crippen molar-refractivity contribution in [1.82, 2.24) is 0 Å². The van der Waals surface area contributed by atoms with E-state index in [1.807, 2.05) is 12.1 Å². The molecule has 2 aromatic carbocycles. The standard InChI is InChI=1S/C19H21BrFNO2/c1-13(2)14-8-9-18(17(20)11-14)24-10-4-7-19(23)22-16-6-3-5-15(21)12-16/h3,5-6,8-9,11-13H,4,7,10H2,1-2H3,(H,22,23). The predicted octanol–water partition coefficient (Wildman–Crippen LogP) is 5.51. The number of benzene rings is 2. The van der Waals surface area contributed by atoms with Gasteiger partial charge in [0.25, 0.3) is 0 Å². The van der Waals surface area contributed by atoms with Crippen LogP contribution in [0.2, 0.25) is 0 Å². The molecule has 0 fully saturated rings. The van der Waals surface area contributed by atoms with Crippen molar-refractivity contribution in [2.45, 2.75) is 32.6 Å². The van der Waals surface area contributed by atoms with Crippen molar-refractivity contribution >= 4 is 27.5 Å². The Morgan fingerprint density at radius 1 is 1.25 bits per heavy atom. The molecule has 0 unspecified atom stereocenters. The lowest BCUT2D eigenvalue weighted by atomic mass is 10.0. The predicted molar refractivity (Wildman–Crippen MR) is 98.0 cm³/mol. The number of rotatable bonds is 7. The first-order valence-corrected chi connectivity index (χ1v) is 8.72. The minimum absolute atomic E-state index is 0.154. The molecule has 1 N–H and O–H groups in total. The van der Waals surface area contributed by atoms with Crippen LogP contribution >= 0.6 is 15.9 Å². The third kappa shape index (κ3) is 5.64. The van der Waals surface area contributed by atoms with E-state index in [1.165, 1.54) is 17.7 Å². The molecule has 0 aliphatic rings. The van der Waals surface area contributed by atoms with E-state index in [0.717, 1.165) is 10.2 Å². The molecule has 2 rings (SSSR count). The van der Waals surface area contributed by atoms with Crippen LogP contribution < -0.4 is 10.1 Å². The molecular formula is C19H21BrFNO2. The van der Waals surface area contributed by atoms with Crippen LogP contribution in [0.4, 0.5) is 10.1 Å². The highest BCUT2D eigenvalue weighted by Crippen LogP contribution is 2.29. The zero-order valence-electron chi connectivity index (χ0n) is 13.8. The van der Waals surface area contributed by atoms with Crippen LogP contribution in [0.5, 0.6) is 5.75 Å². The van der Waals surface area contributed by atoms with Crippen LogP contribution in [-0.2, 0) is 4.79 Å². The topological polar surface area (TPSA) is 38.3 Å². The van der Waals surface area contributed by atoms with Crippen LogP contribution in [0.25, 0.3) is 0 Å². The number of ether oxygens (including phenoxy) is 1. The quantitative estimate of drug-likeness (QED) is 0.629. The van der Waals surface area contributed by atoms with Crippen molar-refractivity contribution in [3.8, 4) is 5.75 Å². The van der Waals surface area contributed by atoms with Gasteiger partial charge in [0, 0.05) is 12.1 Å². The summed E-state index contributed by atoms with van der Waals surface area (Å²) >= 11 is 3.51. The summed E-state index contributed by atoms with van der Waals surface area (Å²) in [6, 6.07) is 11.9. The Labute approximate surface area is 150 Å². The van der Waals surface area contributed by atoms with Gasteiger partial charge >= 0.3 is 0 Å². The number of carbonyl (C=O) groups excluding carboxylic acids is 1. The Hall–Kier alpha value is -1.88. The molecule has 0 saturated carbocycles. The second kappa shape index (κ2) is 8.83. The summed E-state index contributed by atoms with van der Waals surface area (Å²) in [5.41, 5.74) is 1.71. The third-order valence-electron chi connectivity index (χ3n) is 3.54. The molecule has 0 radical (unpaired) electrons. The SMILES string of the molecule is CC(C)c1ccc(OCCCC(=O)Nc2cccc(F)c2)c(Br)c1. The first-order valence-electron chi connectivity index (χ1n) is 7.93. The van der Waals surface area contributed by atoms with Gasteiger partial charge in [-0.3, -0.25) is 4.79 Å². The number of nitrogens with one attached hydrogen (secondary N) is 1. The number of halogens is 2. The van der Waals surface area contributed by atoms with E-state index < -0.39 is 0 Å². The molecule has 5 heteroatoms. The maximum atomic E-state index is 13.1. The highest BCUT2D eigenvalue weighted by atomic mass is 79.9. The van der Waals surface area contributed by atoms with E-state index in [-0.39, 0.29) is 11.7 Å². The van der Waals surface area contributed by atoms with Gasteiger partial charge in [-0.25, -0.2) is 4.39 Å². The Balaban J connectivity index is 1.75. The second-order valence-corrected chi connectivity index (χ2v) is 6.71. The molecule has 24 heavy (non-hydrogen) atoms. The average molecular weight is 394 g/mol. The van der Waals surface area contributed by atoms with Gasteiger partial charge in [0.1, 0.15) is 11.6 Å². The van der Waals surface area contributed by atoms with E-state index in [4.69, 9.17) is 4.74 Å². The average Bonchev–Trinajstić information content (AvgIpc) is 2.52. The highest BCUT2D eigenvalue weighted by molar-refractivity contribution is 9.10. The van der Waals surface area contributed by atoms with Crippen molar-refractivity contribution in [3.05, 3.63) is 58.3 Å². The van der Waals surface area contributed by atoms with Crippen molar-refractivity contribution in [3.63, 3.8) is 0 Å². The van der Waals surface area contributed by atoms with Crippen molar-refractivity contribution in [2.75, 3.05) is 11.9 Å². The zero-order valence-corrected chi connectivity index (χ0v) is 15.4. The molecule has 0 atom stereocenters. The van der Waals surface area contributed by atoms with Crippen molar-refractivity contribution in [1.29, 1.82) is 0 Å². The smallest absolute Gasteiger partial charge is 0.224 e. The van der Waals surface area contributed by atoms with Gasteiger partial charge in [0.15, 0.2) is 0 Å². The van der Waals surface area contributed by atoms with Crippen molar-refractivity contribution < 1.29 is 13.9 Å². The summed E-state index contributed by atoms with van der Waals surface area (Å²) < 4.78 is 19.7. The van der Waals surface area contributed by atoms with Gasteiger partial charge in [-0.1, -0.05) is 26.0 Å². The van der Waals surface area contributed by atoms with Crippen LogP contribution in [0.15, 0.2) is 46.9 Å². The van der Waals surface area contributed by atoms with Gasteiger partial charge in [0.05, 0.1) is 11.1 Å².